The number of rotatable bonds is 8. The van der Waals surface area contributed by atoms with E-state index in [1.165, 1.54) is 28.6 Å². The van der Waals surface area contributed by atoms with Gasteiger partial charge < -0.3 is 10.1 Å². The van der Waals surface area contributed by atoms with Crippen molar-refractivity contribution in [3.05, 3.63) is 102 Å². The monoisotopic (exact) mass is 488 g/mol. The number of hydrogen-bond donors (Lipinski definition) is 1. The molecule has 0 fully saturated rings. The van der Waals surface area contributed by atoms with Crippen molar-refractivity contribution in [3.8, 4) is 5.75 Å². The summed E-state index contributed by atoms with van der Waals surface area (Å²) in [6.45, 7) is 3.97. The van der Waals surface area contributed by atoms with Crippen molar-refractivity contribution < 1.29 is 17.9 Å². The molecule has 1 N–H and O–H groups in total. The van der Waals surface area contributed by atoms with E-state index in [1.54, 1.807) is 19.2 Å². The second-order valence-corrected chi connectivity index (χ2v) is 10.4. The minimum atomic E-state index is -3.75. The number of carbonyl (C=O) groups excluding carboxylic acids is 1. The molecule has 0 atom stereocenters. The highest BCUT2D eigenvalue weighted by Crippen LogP contribution is 2.31. The first-order valence-electron chi connectivity index (χ1n) is 11.3. The molecule has 4 rings (SSSR count). The number of nitrogens with one attached hydrogen (secondary N) is 1. The molecule has 0 heterocycles. The van der Waals surface area contributed by atoms with Gasteiger partial charge in [0.25, 0.3) is 5.91 Å². The number of nitrogens with zero attached hydrogens (tertiary/aromatic N) is 1. The largest absolute Gasteiger partial charge is 0.496 e. The zero-order valence-electron chi connectivity index (χ0n) is 19.9. The Morgan fingerprint density at radius 3 is 2.11 bits per heavy atom. The molecule has 0 saturated carbocycles. The Hall–Kier alpha value is -3.68. The van der Waals surface area contributed by atoms with Crippen molar-refractivity contribution in [2.45, 2.75) is 31.3 Å². The Balaban J connectivity index is 1.56. The van der Waals surface area contributed by atoms with Crippen LogP contribution in [-0.4, -0.2) is 31.8 Å². The molecular weight excluding hydrogens is 460 g/mol. The molecule has 0 aliphatic rings. The highest BCUT2D eigenvalue weighted by Gasteiger charge is 2.27. The van der Waals surface area contributed by atoms with Gasteiger partial charge in [-0.1, -0.05) is 54.6 Å². The molecule has 4 aromatic carbocycles. The first kappa shape index (κ1) is 24.4. The van der Waals surface area contributed by atoms with Crippen molar-refractivity contribution in [2.75, 3.05) is 12.4 Å². The number of hydrogen-bond acceptors (Lipinski definition) is 4. The summed E-state index contributed by atoms with van der Waals surface area (Å²) in [6, 6.07) is 26.5. The predicted octanol–water partition coefficient (Wildman–Crippen LogP) is 5.70. The minimum Gasteiger partial charge on any atom is -0.496 e. The van der Waals surface area contributed by atoms with Crippen LogP contribution in [0, 0.1) is 0 Å². The van der Waals surface area contributed by atoms with E-state index in [-0.39, 0.29) is 23.4 Å². The maximum absolute atomic E-state index is 13.4. The standard InChI is InChI=1S/C28H28N2O4S/c1-20(2)30(19-21-9-5-4-6-10-21)35(32,33)23-15-13-22(14-16-23)28(31)29-26-17-18-27(34-3)25-12-8-7-11-24(25)26/h4-18,20H,19H2,1-3H3,(H,29,31). The first-order valence-corrected chi connectivity index (χ1v) is 12.8. The van der Waals surface area contributed by atoms with Gasteiger partial charge in [-0.2, -0.15) is 4.31 Å². The highest BCUT2D eigenvalue weighted by molar-refractivity contribution is 7.89. The Morgan fingerprint density at radius 2 is 1.49 bits per heavy atom. The van der Waals surface area contributed by atoms with Crippen LogP contribution >= 0.6 is 0 Å². The van der Waals surface area contributed by atoms with Crippen molar-refractivity contribution in [3.63, 3.8) is 0 Å². The van der Waals surface area contributed by atoms with Crippen LogP contribution in [0.25, 0.3) is 10.8 Å². The fraction of sp³-hybridized carbons (Fsp3) is 0.179. The van der Waals surface area contributed by atoms with E-state index >= 15 is 0 Å². The lowest BCUT2D eigenvalue weighted by atomic mass is 10.1. The van der Waals surface area contributed by atoms with Gasteiger partial charge in [0.1, 0.15) is 5.75 Å². The normalized spacial score (nSPS) is 11.7. The van der Waals surface area contributed by atoms with Gasteiger partial charge in [-0.3, -0.25) is 4.79 Å². The van der Waals surface area contributed by atoms with E-state index in [0.717, 1.165) is 22.1 Å². The Labute approximate surface area is 206 Å². The van der Waals surface area contributed by atoms with Gasteiger partial charge in [0.2, 0.25) is 10.0 Å². The topological polar surface area (TPSA) is 75.7 Å². The van der Waals surface area contributed by atoms with Gasteiger partial charge in [-0.15, -0.1) is 0 Å². The van der Waals surface area contributed by atoms with Gasteiger partial charge in [0, 0.05) is 34.6 Å². The fourth-order valence-electron chi connectivity index (χ4n) is 3.98. The fourth-order valence-corrected chi connectivity index (χ4v) is 5.60. The molecule has 0 aliphatic heterocycles. The summed E-state index contributed by atoms with van der Waals surface area (Å²) < 4.78 is 33.6. The van der Waals surface area contributed by atoms with Crippen molar-refractivity contribution in [2.24, 2.45) is 0 Å². The van der Waals surface area contributed by atoms with E-state index < -0.39 is 10.0 Å². The molecule has 6 nitrogen and oxygen atoms in total. The number of ether oxygens (including phenoxy) is 1. The zero-order chi connectivity index (χ0) is 25.0. The SMILES string of the molecule is COc1ccc(NC(=O)c2ccc(S(=O)(=O)N(Cc3ccccc3)C(C)C)cc2)c2ccccc12. The molecule has 0 saturated heterocycles. The smallest absolute Gasteiger partial charge is 0.255 e. The van der Waals surface area contributed by atoms with Crippen LogP contribution in [0.1, 0.15) is 29.8 Å². The van der Waals surface area contributed by atoms with Crippen LogP contribution in [-0.2, 0) is 16.6 Å². The molecule has 180 valence electrons. The lowest BCUT2D eigenvalue weighted by molar-refractivity contribution is 0.102. The lowest BCUT2D eigenvalue weighted by Gasteiger charge is -2.26. The zero-order valence-corrected chi connectivity index (χ0v) is 20.7. The van der Waals surface area contributed by atoms with Gasteiger partial charge in [0.15, 0.2) is 0 Å². The van der Waals surface area contributed by atoms with Gasteiger partial charge in [0.05, 0.1) is 12.0 Å². The average molecular weight is 489 g/mol. The molecule has 0 aliphatic carbocycles. The summed E-state index contributed by atoms with van der Waals surface area (Å²) in [5.74, 6) is 0.396. The molecule has 0 unspecified atom stereocenters. The predicted molar refractivity (Wildman–Crippen MR) is 139 cm³/mol. The maximum Gasteiger partial charge on any atom is 0.255 e. The van der Waals surface area contributed by atoms with Gasteiger partial charge >= 0.3 is 0 Å². The van der Waals surface area contributed by atoms with Crippen molar-refractivity contribution in [1.29, 1.82) is 0 Å². The van der Waals surface area contributed by atoms with E-state index in [0.29, 0.717) is 11.3 Å². The number of fused-ring (bicyclic) bond motifs is 1. The molecule has 4 aromatic rings. The molecular formula is C28H28N2O4S. The average Bonchev–Trinajstić information content (AvgIpc) is 2.88. The second kappa shape index (κ2) is 10.3. The summed E-state index contributed by atoms with van der Waals surface area (Å²) in [7, 11) is -2.14. The van der Waals surface area contributed by atoms with Crippen molar-refractivity contribution >= 4 is 32.4 Å². The number of methoxy groups -OCH3 is 1. The number of anilines is 1. The molecule has 0 aromatic heterocycles. The third-order valence-corrected chi connectivity index (χ3v) is 7.87. The van der Waals surface area contributed by atoms with Crippen LogP contribution in [0.5, 0.6) is 5.75 Å². The second-order valence-electron chi connectivity index (χ2n) is 8.47. The Morgan fingerprint density at radius 1 is 0.857 bits per heavy atom. The lowest BCUT2D eigenvalue weighted by Crippen LogP contribution is -2.36. The molecule has 1 amide bonds. The van der Waals surface area contributed by atoms with E-state index in [4.69, 9.17) is 4.74 Å². The van der Waals surface area contributed by atoms with Gasteiger partial charge in [-0.25, -0.2) is 8.42 Å². The summed E-state index contributed by atoms with van der Waals surface area (Å²) in [4.78, 5) is 13.1. The van der Waals surface area contributed by atoms with Crippen LogP contribution in [0.2, 0.25) is 0 Å². The van der Waals surface area contributed by atoms with Crippen LogP contribution in [0.3, 0.4) is 0 Å². The molecule has 35 heavy (non-hydrogen) atoms. The first-order chi connectivity index (χ1) is 16.8. The van der Waals surface area contributed by atoms with Gasteiger partial charge in [-0.05, 0) is 55.8 Å². The number of amides is 1. The molecule has 7 heteroatoms. The van der Waals surface area contributed by atoms with Crippen LogP contribution in [0.4, 0.5) is 5.69 Å². The summed E-state index contributed by atoms with van der Waals surface area (Å²) in [5, 5.41) is 4.67. The van der Waals surface area contributed by atoms with E-state index in [2.05, 4.69) is 5.32 Å². The third-order valence-electron chi connectivity index (χ3n) is 5.83. The maximum atomic E-state index is 13.4. The van der Waals surface area contributed by atoms with Crippen molar-refractivity contribution in [1.82, 2.24) is 4.31 Å². The van der Waals surface area contributed by atoms with Crippen LogP contribution < -0.4 is 10.1 Å². The quantitative estimate of drug-likeness (QED) is 0.345. The summed E-state index contributed by atoms with van der Waals surface area (Å²) in [6.07, 6.45) is 0. The minimum absolute atomic E-state index is 0.147. The number of carbonyl (C=O) groups is 1. The number of benzene rings is 4. The summed E-state index contributed by atoms with van der Waals surface area (Å²) in [5.41, 5.74) is 1.92. The van der Waals surface area contributed by atoms with E-state index in [1.807, 2.05) is 68.4 Å². The molecule has 0 bridgehead atoms. The summed E-state index contributed by atoms with van der Waals surface area (Å²) >= 11 is 0. The Kier molecular flexibility index (Phi) is 7.19. The number of sulfonamides is 1. The Bertz CT molecular complexity index is 1430. The highest BCUT2D eigenvalue weighted by atomic mass is 32.2. The molecule has 0 radical (unpaired) electrons. The van der Waals surface area contributed by atoms with E-state index in [9.17, 15) is 13.2 Å². The third kappa shape index (κ3) is 5.21. The molecule has 0 spiro atoms. The van der Waals surface area contributed by atoms with Crippen LogP contribution in [0.15, 0.2) is 95.9 Å².